The highest BCUT2D eigenvalue weighted by Crippen LogP contribution is 2.22. The minimum Gasteiger partial charge on any atom is -0.469 e. The molecule has 18 heavy (non-hydrogen) atoms. The second kappa shape index (κ2) is 4.94. The number of aromatic nitrogens is 2. The van der Waals surface area contributed by atoms with Gasteiger partial charge in [0.15, 0.2) is 0 Å². The van der Waals surface area contributed by atoms with Crippen LogP contribution in [0, 0.1) is 6.92 Å². The Kier molecular flexibility index (Phi) is 3.52. The number of hydrogen-bond donors (Lipinski definition) is 1. The third kappa shape index (κ3) is 3.20. The van der Waals surface area contributed by atoms with Crippen LogP contribution in [0.1, 0.15) is 32.4 Å². The van der Waals surface area contributed by atoms with Crippen LogP contribution in [0.15, 0.2) is 21.2 Å². The molecule has 0 aliphatic carbocycles. The van der Waals surface area contributed by atoms with Gasteiger partial charge < -0.3 is 14.2 Å². The average Bonchev–Trinajstić information content (AvgIpc) is 2.84. The summed E-state index contributed by atoms with van der Waals surface area (Å²) in [6.45, 7) is 9.07. The molecule has 0 saturated heterocycles. The molecule has 2 aromatic heterocycles. The summed E-state index contributed by atoms with van der Waals surface area (Å²) in [5, 5.41) is 11.4. The average molecular weight is 249 g/mol. The lowest BCUT2D eigenvalue weighted by molar-refractivity contribution is 0.411. The summed E-state index contributed by atoms with van der Waals surface area (Å²) in [5.74, 6) is 1.95. The Labute approximate surface area is 107 Å². The molecule has 5 heteroatoms. The smallest absolute Gasteiger partial charge is 0.251 e. The molecule has 0 spiro atoms. The van der Waals surface area contributed by atoms with E-state index in [-0.39, 0.29) is 5.54 Å². The summed E-state index contributed by atoms with van der Waals surface area (Å²) in [7, 11) is 0. The molecule has 0 radical (unpaired) electrons. The van der Waals surface area contributed by atoms with Crippen molar-refractivity contribution in [3.63, 3.8) is 0 Å². The molecular formula is C13H19N3O2. The summed E-state index contributed by atoms with van der Waals surface area (Å²) in [6, 6.07) is 1.83. The van der Waals surface area contributed by atoms with E-state index < -0.39 is 0 Å². The maximum atomic E-state index is 5.60. The number of rotatable bonds is 4. The Morgan fingerprint density at radius 1 is 1.28 bits per heavy atom. The molecule has 0 aromatic carbocycles. The molecule has 0 saturated carbocycles. The molecule has 0 fully saturated rings. The SMILES string of the molecule is Cc1occc1-c1nnc(CCNC(C)(C)C)o1. The van der Waals surface area contributed by atoms with Gasteiger partial charge in [0.2, 0.25) is 5.89 Å². The zero-order valence-electron chi connectivity index (χ0n) is 11.3. The predicted octanol–water partition coefficient (Wildman–Crippen LogP) is 2.57. The van der Waals surface area contributed by atoms with Crippen molar-refractivity contribution < 1.29 is 8.83 Å². The van der Waals surface area contributed by atoms with Crippen molar-refractivity contribution in [2.45, 2.75) is 39.7 Å². The molecule has 0 bridgehead atoms. The van der Waals surface area contributed by atoms with Gasteiger partial charge in [0.25, 0.3) is 5.89 Å². The van der Waals surface area contributed by atoms with Crippen LogP contribution < -0.4 is 5.32 Å². The van der Waals surface area contributed by atoms with E-state index in [1.165, 1.54) is 0 Å². The highest BCUT2D eigenvalue weighted by molar-refractivity contribution is 5.54. The summed E-state index contributed by atoms with van der Waals surface area (Å²) in [4.78, 5) is 0. The van der Waals surface area contributed by atoms with E-state index in [2.05, 4.69) is 36.3 Å². The first-order chi connectivity index (χ1) is 8.46. The maximum Gasteiger partial charge on any atom is 0.251 e. The first-order valence-corrected chi connectivity index (χ1v) is 6.07. The second-order valence-corrected chi connectivity index (χ2v) is 5.32. The zero-order valence-corrected chi connectivity index (χ0v) is 11.3. The second-order valence-electron chi connectivity index (χ2n) is 5.32. The van der Waals surface area contributed by atoms with Crippen molar-refractivity contribution in [1.29, 1.82) is 0 Å². The highest BCUT2D eigenvalue weighted by Gasteiger charge is 2.13. The van der Waals surface area contributed by atoms with Gasteiger partial charge in [-0.1, -0.05) is 0 Å². The van der Waals surface area contributed by atoms with Crippen molar-refractivity contribution in [1.82, 2.24) is 15.5 Å². The summed E-state index contributed by atoms with van der Waals surface area (Å²) < 4.78 is 10.8. The molecule has 0 aliphatic rings. The summed E-state index contributed by atoms with van der Waals surface area (Å²) >= 11 is 0. The normalized spacial score (nSPS) is 12.0. The fourth-order valence-corrected chi connectivity index (χ4v) is 1.61. The molecule has 0 unspecified atom stereocenters. The molecule has 0 atom stereocenters. The quantitative estimate of drug-likeness (QED) is 0.902. The van der Waals surface area contributed by atoms with Gasteiger partial charge in [-0.2, -0.15) is 0 Å². The fourth-order valence-electron chi connectivity index (χ4n) is 1.61. The van der Waals surface area contributed by atoms with E-state index in [4.69, 9.17) is 8.83 Å². The fraction of sp³-hybridized carbons (Fsp3) is 0.538. The predicted molar refractivity (Wildman–Crippen MR) is 68.2 cm³/mol. The Bertz CT molecular complexity index is 508. The number of nitrogens with one attached hydrogen (secondary N) is 1. The highest BCUT2D eigenvalue weighted by atomic mass is 16.4. The van der Waals surface area contributed by atoms with E-state index in [1.807, 2.05) is 13.0 Å². The number of nitrogens with zero attached hydrogens (tertiary/aromatic N) is 2. The number of furan rings is 1. The molecule has 2 heterocycles. The van der Waals surface area contributed by atoms with Crippen molar-refractivity contribution >= 4 is 0 Å². The van der Waals surface area contributed by atoms with Gasteiger partial charge in [-0.25, -0.2) is 0 Å². The molecule has 98 valence electrons. The van der Waals surface area contributed by atoms with Crippen LogP contribution >= 0.6 is 0 Å². The lowest BCUT2D eigenvalue weighted by Crippen LogP contribution is -2.37. The van der Waals surface area contributed by atoms with Crippen LogP contribution in [0.3, 0.4) is 0 Å². The van der Waals surface area contributed by atoms with E-state index in [0.29, 0.717) is 11.8 Å². The zero-order chi connectivity index (χ0) is 13.2. The van der Waals surface area contributed by atoms with Crippen LogP contribution in [-0.2, 0) is 6.42 Å². The number of aryl methyl sites for hydroxylation is 1. The molecule has 0 aliphatic heterocycles. The Morgan fingerprint density at radius 2 is 2.06 bits per heavy atom. The van der Waals surface area contributed by atoms with Gasteiger partial charge in [0.1, 0.15) is 5.76 Å². The molecule has 2 rings (SSSR count). The Morgan fingerprint density at radius 3 is 2.67 bits per heavy atom. The van der Waals surface area contributed by atoms with Gasteiger partial charge >= 0.3 is 0 Å². The van der Waals surface area contributed by atoms with Gasteiger partial charge in [0, 0.05) is 18.5 Å². The lowest BCUT2D eigenvalue weighted by atomic mass is 10.1. The molecule has 5 nitrogen and oxygen atoms in total. The summed E-state index contributed by atoms with van der Waals surface area (Å²) in [6.07, 6.45) is 2.34. The van der Waals surface area contributed by atoms with Crippen LogP contribution in [0.25, 0.3) is 11.5 Å². The first-order valence-electron chi connectivity index (χ1n) is 6.07. The van der Waals surface area contributed by atoms with Crippen LogP contribution in [-0.4, -0.2) is 22.3 Å². The first kappa shape index (κ1) is 12.8. The van der Waals surface area contributed by atoms with Crippen LogP contribution in [0.5, 0.6) is 0 Å². The van der Waals surface area contributed by atoms with Crippen molar-refractivity contribution in [3.8, 4) is 11.5 Å². The molecule has 0 amide bonds. The summed E-state index contributed by atoms with van der Waals surface area (Å²) in [5.41, 5.74) is 0.960. The third-order valence-electron chi connectivity index (χ3n) is 2.55. The Hall–Kier alpha value is -1.62. The Balaban J connectivity index is 1.97. The van der Waals surface area contributed by atoms with Crippen molar-refractivity contribution in [3.05, 3.63) is 24.0 Å². The minimum absolute atomic E-state index is 0.101. The lowest BCUT2D eigenvalue weighted by Gasteiger charge is -2.19. The number of hydrogen-bond acceptors (Lipinski definition) is 5. The third-order valence-corrected chi connectivity index (χ3v) is 2.55. The molecular weight excluding hydrogens is 230 g/mol. The van der Waals surface area contributed by atoms with Crippen LogP contribution in [0.4, 0.5) is 0 Å². The minimum atomic E-state index is 0.101. The van der Waals surface area contributed by atoms with Gasteiger partial charge in [-0.3, -0.25) is 0 Å². The van der Waals surface area contributed by atoms with Crippen molar-refractivity contribution in [2.75, 3.05) is 6.54 Å². The molecule has 1 N–H and O–H groups in total. The van der Waals surface area contributed by atoms with Gasteiger partial charge in [-0.05, 0) is 33.8 Å². The van der Waals surface area contributed by atoms with Gasteiger partial charge in [-0.15, -0.1) is 10.2 Å². The van der Waals surface area contributed by atoms with Crippen molar-refractivity contribution in [2.24, 2.45) is 0 Å². The van der Waals surface area contributed by atoms with Crippen LogP contribution in [0.2, 0.25) is 0 Å². The largest absolute Gasteiger partial charge is 0.469 e. The standard InChI is InChI=1S/C13H19N3O2/c1-9-10(6-8-17-9)12-16-15-11(18-12)5-7-14-13(2,3)4/h6,8,14H,5,7H2,1-4H3. The molecule has 2 aromatic rings. The maximum absolute atomic E-state index is 5.60. The van der Waals surface area contributed by atoms with E-state index >= 15 is 0 Å². The van der Waals surface area contributed by atoms with E-state index in [1.54, 1.807) is 6.26 Å². The van der Waals surface area contributed by atoms with Gasteiger partial charge in [0.05, 0.1) is 11.8 Å². The topological polar surface area (TPSA) is 64.1 Å². The van der Waals surface area contributed by atoms with E-state index in [9.17, 15) is 0 Å². The van der Waals surface area contributed by atoms with E-state index in [0.717, 1.165) is 24.3 Å². The monoisotopic (exact) mass is 249 g/mol.